The van der Waals surface area contributed by atoms with Crippen molar-refractivity contribution in [3.05, 3.63) is 33.4 Å². The van der Waals surface area contributed by atoms with Crippen LogP contribution in [0.25, 0.3) is 6.08 Å². The minimum Gasteiger partial charge on any atom is -0.499 e. The maximum absolute atomic E-state index is 12.5. The standard InChI is InChI=1S/C21H25N3O9/c1-6-23(7-2)19(26)14(11-22)8-13-9-15(24(29)30)17(25)16(10-13)32-21(28)33-18(12(3)4)20(27)31-5/h8-10,12,18,25H,6-7H2,1-5H3. The van der Waals surface area contributed by atoms with Crippen molar-refractivity contribution >= 4 is 29.8 Å². The van der Waals surface area contributed by atoms with Crippen LogP contribution in [0.2, 0.25) is 0 Å². The van der Waals surface area contributed by atoms with E-state index >= 15 is 0 Å². The Kier molecular flexibility index (Phi) is 9.81. The fraction of sp³-hybridized carbons (Fsp3) is 0.429. The molecule has 1 aromatic rings. The molecule has 0 aliphatic rings. The van der Waals surface area contributed by atoms with Crippen molar-refractivity contribution in [3.8, 4) is 17.6 Å². The molecule has 0 aliphatic heterocycles. The first-order valence-electron chi connectivity index (χ1n) is 9.89. The molecule has 33 heavy (non-hydrogen) atoms. The minimum absolute atomic E-state index is 0.0623. The predicted octanol–water partition coefficient (Wildman–Crippen LogP) is 2.79. The van der Waals surface area contributed by atoms with Crippen LogP contribution in [-0.2, 0) is 19.1 Å². The van der Waals surface area contributed by atoms with Crippen LogP contribution in [0.5, 0.6) is 11.5 Å². The number of aromatic hydroxyl groups is 1. The van der Waals surface area contributed by atoms with Gasteiger partial charge < -0.3 is 24.2 Å². The number of nitriles is 1. The number of nitrogens with zero attached hydrogens (tertiary/aromatic N) is 3. The molecule has 0 saturated carbocycles. The van der Waals surface area contributed by atoms with E-state index in [1.807, 2.05) is 0 Å². The van der Waals surface area contributed by atoms with Crippen LogP contribution in [0, 0.1) is 27.4 Å². The van der Waals surface area contributed by atoms with E-state index < -0.39 is 52.2 Å². The Morgan fingerprint density at radius 3 is 2.33 bits per heavy atom. The minimum atomic E-state index is -1.43. The summed E-state index contributed by atoms with van der Waals surface area (Å²) in [5, 5.41) is 30.9. The third-order valence-electron chi connectivity index (χ3n) is 4.44. The number of hydrogen-bond donors (Lipinski definition) is 1. The van der Waals surface area contributed by atoms with Crippen molar-refractivity contribution in [2.75, 3.05) is 20.2 Å². The number of phenolic OH excluding ortho intramolecular Hbond substituents is 1. The van der Waals surface area contributed by atoms with Crippen molar-refractivity contribution < 1.29 is 38.6 Å². The highest BCUT2D eigenvalue weighted by Gasteiger charge is 2.30. The number of benzene rings is 1. The highest BCUT2D eigenvalue weighted by Crippen LogP contribution is 2.38. The van der Waals surface area contributed by atoms with Crippen molar-refractivity contribution in [3.63, 3.8) is 0 Å². The Bertz CT molecular complexity index is 991. The Labute approximate surface area is 190 Å². The number of likely N-dealkylation sites (N-methyl/N-ethyl adjacent to an activating group) is 1. The number of carbonyl (C=O) groups is 3. The molecule has 0 aromatic heterocycles. The van der Waals surface area contributed by atoms with E-state index in [-0.39, 0.29) is 11.1 Å². The lowest BCUT2D eigenvalue weighted by atomic mass is 10.1. The Morgan fingerprint density at radius 1 is 1.27 bits per heavy atom. The van der Waals surface area contributed by atoms with Crippen LogP contribution < -0.4 is 4.74 Å². The average molecular weight is 463 g/mol. The van der Waals surface area contributed by atoms with Gasteiger partial charge >= 0.3 is 17.8 Å². The van der Waals surface area contributed by atoms with Crippen LogP contribution in [0.3, 0.4) is 0 Å². The number of nitro groups is 1. The fourth-order valence-electron chi connectivity index (χ4n) is 2.69. The maximum Gasteiger partial charge on any atom is 0.514 e. The zero-order valence-electron chi connectivity index (χ0n) is 18.9. The summed E-state index contributed by atoms with van der Waals surface area (Å²) < 4.78 is 14.4. The topological polar surface area (TPSA) is 169 Å². The van der Waals surface area contributed by atoms with Gasteiger partial charge in [0, 0.05) is 25.1 Å². The number of methoxy groups -OCH3 is 1. The van der Waals surface area contributed by atoms with Crippen LogP contribution in [0.4, 0.5) is 10.5 Å². The van der Waals surface area contributed by atoms with Crippen LogP contribution >= 0.6 is 0 Å². The average Bonchev–Trinajstić information content (AvgIpc) is 2.77. The van der Waals surface area contributed by atoms with Gasteiger partial charge in [0.2, 0.25) is 11.9 Å². The summed E-state index contributed by atoms with van der Waals surface area (Å²) >= 11 is 0. The molecule has 178 valence electrons. The first-order chi connectivity index (χ1) is 15.5. The SMILES string of the molecule is CCN(CC)C(=O)C(C#N)=Cc1cc(OC(=O)OC(C(=O)OC)C(C)C)c(O)c([N+](=O)[O-])c1. The number of esters is 1. The van der Waals surface area contributed by atoms with E-state index in [1.54, 1.807) is 33.8 Å². The highest BCUT2D eigenvalue weighted by molar-refractivity contribution is 6.01. The number of amides is 1. The van der Waals surface area contributed by atoms with Crippen molar-refractivity contribution in [2.45, 2.75) is 33.8 Å². The predicted molar refractivity (Wildman–Crippen MR) is 114 cm³/mol. The first kappa shape index (κ1) is 26.9. The molecule has 12 heteroatoms. The molecule has 1 atom stereocenters. The molecule has 0 heterocycles. The van der Waals surface area contributed by atoms with Crippen LogP contribution in [0.15, 0.2) is 17.7 Å². The molecule has 1 aromatic carbocycles. The lowest BCUT2D eigenvalue weighted by molar-refractivity contribution is -0.385. The van der Waals surface area contributed by atoms with E-state index in [9.17, 15) is 34.9 Å². The lowest BCUT2D eigenvalue weighted by Gasteiger charge is -2.18. The molecule has 0 spiro atoms. The molecule has 0 radical (unpaired) electrons. The fourth-order valence-corrected chi connectivity index (χ4v) is 2.69. The Balaban J connectivity index is 3.39. The van der Waals surface area contributed by atoms with Crippen LogP contribution in [-0.4, -0.2) is 59.3 Å². The van der Waals surface area contributed by atoms with Gasteiger partial charge in [0.05, 0.1) is 12.0 Å². The number of rotatable bonds is 9. The van der Waals surface area contributed by atoms with E-state index in [1.165, 1.54) is 4.90 Å². The van der Waals surface area contributed by atoms with Crippen LogP contribution in [0.1, 0.15) is 33.3 Å². The van der Waals surface area contributed by atoms with E-state index in [0.717, 1.165) is 25.3 Å². The van der Waals surface area contributed by atoms with Crippen molar-refractivity contribution in [2.24, 2.45) is 5.92 Å². The summed E-state index contributed by atoms with van der Waals surface area (Å²) in [6.07, 6.45) is -1.68. The number of hydrogen-bond acceptors (Lipinski definition) is 10. The van der Waals surface area contributed by atoms with Gasteiger partial charge in [-0.25, -0.2) is 9.59 Å². The van der Waals surface area contributed by atoms with Gasteiger partial charge in [0.25, 0.3) is 5.91 Å². The third-order valence-corrected chi connectivity index (χ3v) is 4.44. The molecule has 0 saturated heterocycles. The van der Waals surface area contributed by atoms with Gasteiger partial charge in [0.15, 0.2) is 5.75 Å². The van der Waals surface area contributed by atoms with Crippen molar-refractivity contribution in [1.29, 1.82) is 5.26 Å². The number of ether oxygens (including phenoxy) is 3. The molecule has 0 bridgehead atoms. The van der Waals surface area contributed by atoms with Gasteiger partial charge in [-0.3, -0.25) is 14.9 Å². The summed E-state index contributed by atoms with van der Waals surface area (Å²) in [6, 6.07) is 3.66. The monoisotopic (exact) mass is 463 g/mol. The lowest BCUT2D eigenvalue weighted by Crippen LogP contribution is -2.34. The van der Waals surface area contributed by atoms with Gasteiger partial charge in [-0.15, -0.1) is 0 Å². The normalized spacial score (nSPS) is 11.8. The highest BCUT2D eigenvalue weighted by atomic mass is 16.7. The van der Waals surface area contributed by atoms with Crippen molar-refractivity contribution in [1.82, 2.24) is 4.90 Å². The molecule has 1 N–H and O–H groups in total. The van der Waals surface area contributed by atoms with Gasteiger partial charge in [-0.2, -0.15) is 5.26 Å². The third kappa shape index (κ3) is 6.93. The second kappa shape index (κ2) is 12.0. The Morgan fingerprint density at radius 2 is 1.88 bits per heavy atom. The molecule has 1 rings (SSSR count). The molecule has 12 nitrogen and oxygen atoms in total. The number of carbonyl (C=O) groups excluding carboxylic acids is 3. The summed E-state index contributed by atoms with van der Waals surface area (Å²) in [5.41, 5.74) is -1.22. The second-order valence-corrected chi connectivity index (χ2v) is 6.95. The molecule has 1 unspecified atom stereocenters. The zero-order valence-corrected chi connectivity index (χ0v) is 18.9. The molecular weight excluding hydrogens is 438 g/mol. The largest absolute Gasteiger partial charge is 0.514 e. The van der Waals surface area contributed by atoms with E-state index in [0.29, 0.717) is 13.1 Å². The zero-order chi connectivity index (χ0) is 25.3. The maximum atomic E-state index is 12.5. The molecule has 1 amide bonds. The number of nitro benzene ring substituents is 1. The first-order valence-corrected chi connectivity index (χ1v) is 9.89. The van der Waals surface area contributed by atoms with Gasteiger partial charge in [-0.1, -0.05) is 13.8 Å². The number of phenols is 1. The quantitative estimate of drug-likeness (QED) is 0.143. The second-order valence-electron chi connectivity index (χ2n) is 6.95. The van der Waals surface area contributed by atoms with Gasteiger partial charge in [0.1, 0.15) is 11.6 Å². The summed E-state index contributed by atoms with van der Waals surface area (Å²) in [7, 11) is 1.10. The molecule has 0 fully saturated rings. The van der Waals surface area contributed by atoms with E-state index in [2.05, 4.69) is 4.74 Å². The summed E-state index contributed by atoms with van der Waals surface area (Å²) in [6.45, 7) is 7.27. The van der Waals surface area contributed by atoms with Gasteiger partial charge in [-0.05, 0) is 31.6 Å². The summed E-state index contributed by atoms with van der Waals surface area (Å²) in [5.74, 6) is -3.57. The Hall–Kier alpha value is -4.14. The smallest absolute Gasteiger partial charge is 0.499 e. The molecular formula is C21H25N3O9. The molecule has 0 aliphatic carbocycles. The summed E-state index contributed by atoms with van der Waals surface area (Å²) in [4.78, 5) is 48.2. The van der Waals surface area contributed by atoms with E-state index in [4.69, 9.17) is 9.47 Å².